The lowest BCUT2D eigenvalue weighted by Gasteiger charge is -2.55. The molecule has 0 radical (unpaired) electrons. The normalized spacial score (nSPS) is 33.3. The minimum absolute atomic E-state index is 0.126. The number of methoxy groups -OCH3 is 1. The van der Waals surface area contributed by atoms with Gasteiger partial charge >= 0.3 is 5.97 Å². The van der Waals surface area contributed by atoms with Crippen molar-refractivity contribution in [3.8, 4) is 11.5 Å². The van der Waals surface area contributed by atoms with E-state index in [1.54, 1.807) is 12.1 Å². The van der Waals surface area contributed by atoms with Crippen LogP contribution in [0.15, 0.2) is 16.6 Å². The zero-order chi connectivity index (χ0) is 16.9. The number of hydrogen-bond acceptors (Lipinski definition) is 4. The van der Waals surface area contributed by atoms with E-state index in [2.05, 4.69) is 15.9 Å². The van der Waals surface area contributed by atoms with Crippen LogP contribution in [0.3, 0.4) is 0 Å². The van der Waals surface area contributed by atoms with E-state index in [9.17, 15) is 9.59 Å². The van der Waals surface area contributed by atoms with Crippen molar-refractivity contribution in [2.24, 2.45) is 23.2 Å². The average Bonchev–Trinajstić information content (AvgIpc) is 2.55. The summed E-state index contributed by atoms with van der Waals surface area (Å²) in [5, 5.41) is 0. The zero-order valence-electron chi connectivity index (χ0n) is 13.7. The van der Waals surface area contributed by atoms with Crippen LogP contribution in [0.5, 0.6) is 11.5 Å². The van der Waals surface area contributed by atoms with Gasteiger partial charge in [0.15, 0.2) is 11.5 Å². The number of carbonyl (C=O) groups excluding carboxylic acids is 2. The van der Waals surface area contributed by atoms with Crippen LogP contribution in [0.4, 0.5) is 0 Å². The third-order valence-corrected chi connectivity index (χ3v) is 6.64. The highest BCUT2D eigenvalue weighted by molar-refractivity contribution is 9.10. The van der Waals surface area contributed by atoms with Crippen molar-refractivity contribution in [2.75, 3.05) is 7.11 Å². The lowest BCUT2D eigenvalue weighted by molar-refractivity contribution is -0.161. The second-order valence-electron chi connectivity index (χ2n) is 7.74. The fourth-order valence-electron chi connectivity index (χ4n) is 5.47. The molecule has 0 spiro atoms. The van der Waals surface area contributed by atoms with Gasteiger partial charge in [0, 0.05) is 5.56 Å². The van der Waals surface area contributed by atoms with Gasteiger partial charge in [-0.25, -0.2) is 0 Å². The summed E-state index contributed by atoms with van der Waals surface area (Å²) in [5.74, 6) is 2.72. The maximum absolute atomic E-state index is 13.1. The van der Waals surface area contributed by atoms with E-state index >= 15 is 0 Å². The largest absolute Gasteiger partial charge is 0.493 e. The lowest BCUT2D eigenvalue weighted by Crippen LogP contribution is -2.51. The Morgan fingerprint density at radius 3 is 2.25 bits per heavy atom. The molecule has 24 heavy (non-hydrogen) atoms. The van der Waals surface area contributed by atoms with E-state index in [0.29, 0.717) is 39.3 Å². The highest BCUT2D eigenvalue weighted by Gasteiger charge is 2.55. The summed E-state index contributed by atoms with van der Waals surface area (Å²) in [6.45, 7) is 0. The molecule has 0 amide bonds. The molecular formula is C19H21BrO4. The van der Waals surface area contributed by atoms with Crippen LogP contribution >= 0.6 is 15.9 Å². The van der Waals surface area contributed by atoms with E-state index in [4.69, 9.17) is 9.47 Å². The first-order valence-corrected chi connectivity index (χ1v) is 9.37. The molecule has 1 aromatic carbocycles. The Hall–Kier alpha value is -1.36. The van der Waals surface area contributed by atoms with Crippen LogP contribution in [0.1, 0.15) is 48.9 Å². The summed E-state index contributed by atoms with van der Waals surface area (Å²) in [4.78, 5) is 24.1. The Morgan fingerprint density at radius 1 is 1.17 bits per heavy atom. The maximum atomic E-state index is 13.1. The molecule has 0 N–H and O–H groups in total. The van der Waals surface area contributed by atoms with Gasteiger partial charge in [-0.2, -0.15) is 0 Å². The first kappa shape index (κ1) is 16.1. The van der Waals surface area contributed by atoms with Crippen molar-refractivity contribution in [3.63, 3.8) is 0 Å². The molecule has 0 heterocycles. The Labute approximate surface area is 150 Å². The standard InChI is InChI=1S/C19H21BrO4/c1-23-16-6-14(10-21)5-15(20)17(16)24-18(22)19-7-11-2-12(8-19)4-13(3-11)9-19/h5-6,10-13H,2-4,7-9H2,1H3. The number of benzene rings is 1. The van der Waals surface area contributed by atoms with Gasteiger partial charge in [0.1, 0.15) is 6.29 Å². The Kier molecular flexibility index (Phi) is 3.94. The molecule has 4 bridgehead atoms. The van der Waals surface area contributed by atoms with Crippen molar-refractivity contribution >= 4 is 28.2 Å². The van der Waals surface area contributed by atoms with E-state index in [1.807, 2.05) is 0 Å². The van der Waals surface area contributed by atoms with Crippen molar-refractivity contribution in [1.82, 2.24) is 0 Å². The molecule has 0 aliphatic heterocycles. The van der Waals surface area contributed by atoms with Crippen LogP contribution in [-0.2, 0) is 4.79 Å². The molecule has 4 saturated carbocycles. The fraction of sp³-hybridized carbons (Fsp3) is 0.579. The van der Waals surface area contributed by atoms with Crippen molar-refractivity contribution in [2.45, 2.75) is 38.5 Å². The van der Waals surface area contributed by atoms with Gasteiger partial charge in [-0.05, 0) is 84.3 Å². The highest BCUT2D eigenvalue weighted by Crippen LogP contribution is 2.60. The minimum atomic E-state index is -0.317. The third kappa shape index (κ3) is 2.57. The predicted molar refractivity (Wildman–Crippen MR) is 92.3 cm³/mol. The van der Waals surface area contributed by atoms with Crippen LogP contribution < -0.4 is 9.47 Å². The SMILES string of the molecule is COc1cc(C=O)cc(Br)c1OC(=O)C12CC3CC(CC(C3)C1)C2. The molecule has 5 heteroatoms. The van der Waals surface area contributed by atoms with Gasteiger partial charge in [-0.1, -0.05) is 0 Å². The zero-order valence-corrected chi connectivity index (χ0v) is 15.3. The van der Waals surface area contributed by atoms with Crippen LogP contribution in [0.2, 0.25) is 0 Å². The molecule has 4 nitrogen and oxygen atoms in total. The molecule has 4 aliphatic rings. The van der Waals surface area contributed by atoms with Gasteiger partial charge in [-0.3, -0.25) is 9.59 Å². The highest BCUT2D eigenvalue weighted by atomic mass is 79.9. The van der Waals surface area contributed by atoms with Crippen LogP contribution in [0, 0.1) is 23.2 Å². The average molecular weight is 393 g/mol. The Morgan fingerprint density at radius 2 is 1.75 bits per heavy atom. The van der Waals surface area contributed by atoms with E-state index in [0.717, 1.165) is 25.5 Å². The van der Waals surface area contributed by atoms with Gasteiger partial charge < -0.3 is 9.47 Å². The van der Waals surface area contributed by atoms with Crippen molar-refractivity contribution < 1.29 is 19.1 Å². The summed E-state index contributed by atoms with van der Waals surface area (Å²) in [7, 11) is 1.51. The molecule has 0 unspecified atom stereocenters. The molecule has 0 atom stereocenters. The van der Waals surface area contributed by atoms with E-state index in [1.165, 1.54) is 26.4 Å². The van der Waals surface area contributed by atoms with Gasteiger partial charge in [0.25, 0.3) is 0 Å². The van der Waals surface area contributed by atoms with Gasteiger partial charge in [-0.15, -0.1) is 0 Å². The molecule has 128 valence electrons. The summed E-state index contributed by atoms with van der Waals surface area (Å²) in [5.41, 5.74) is 0.163. The van der Waals surface area contributed by atoms with Gasteiger partial charge in [0.2, 0.25) is 0 Å². The number of carbonyl (C=O) groups is 2. The number of halogens is 1. The van der Waals surface area contributed by atoms with E-state index < -0.39 is 0 Å². The predicted octanol–water partition coefficient (Wildman–Crippen LogP) is 4.39. The molecule has 5 rings (SSSR count). The Balaban J connectivity index is 1.62. The lowest BCUT2D eigenvalue weighted by atomic mass is 9.49. The quantitative estimate of drug-likeness (QED) is 0.433. The van der Waals surface area contributed by atoms with Crippen LogP contribution in [0.25, 0.3) is 0 Å². The molecule has 0 aromatic heterocycles. The Bertz CT molecular complexity index is 662. The monoisotopic (exact) mass is 392 g/mol. The van der Waals surface area contributed by atoms with E-state index in [-0.39, 0.29) is 11.4 Å². The third-order valence-electron chi connectivity index (χ3n) is 6.05. The number of esters is 1. The molecular weight excluding hydrogens is 372 g/mol. The first-order valence-electron chi connectivity index (χ1n) is 8.58. The minimum Gasteiger partial charge on any atom is -0.493 e. The van der Waals surface area contributed by atoms with Gasteiger partial charge in [0.05, 0.1) is 17.0 Å². The molecule has 0 saturated heterocycles. The first-order chi connectivity index (χ1) is 11.5. The summed E-state index contributed by atoms with van der Waals surface area (Å²) >= 11 is 3.40. The molecule has 4 aliphatic carbocycles. The number of ether oxygens (including phenoxy) is 2. The second-order valence-corrected chi connectivity index (χ2v) is 8.59. The second kappa shape index (κ2) is 5.87. The summed E-state index contributed by atoms with van der Waals surface area (Å²) in [6.07, 6.45) is 7.49. The maximum Gasteiger partial charge on any atom is 0.317 e. The smallest absolute Gasteiger partial charge is 0.317 e. The summed E-state index contributed by atoms with van der Waals surface area (Å²) in [6, 6.07) is 3.25. The topological polar surface area (TPSA) is 52.6 Å². The number of hydrogen-bond donors (Lipinski definition) is 0. The molecule has 4 fully saturated rings. The fourth-order valence-corrected chi connectivity index (χ4v) is 6.01. The van der Waals surface area contributed by atoms with Crippen LogP contribution in [-0.4, -0.2) is 19.4 Å². The summed E-state index contributed by atoms with van der Waals surface area (Å²) < 4.78 is 11.7. The number of aldehydes is 1. The molecule has 1 aromatic rings. The number of rotatable bonds is 4. The van der Waals surface area contributed by atoms with Crippen molar-refractivity contribution in [3.05, 3.63) is 22.2 Å². The van der Waals surface area contributed by atoms with Crippen molar-refractivity contribution in [1.29, 1.82) is 0 Å².